The summed E-state index contributed by atoms with van der Waals surface area (Å²) in [5.74, 6) is 0.561. The van der Waals surface area contributed by atoms with E-state index in [1.54, 1.807) is 24.3 Å². The number of aliphatic hydroxyl groups excluding tert-OH is 1. The number of nitrogens with zero attached hydrogens (tertiary/aromatic N) is 1. The summed E-state index contributed by atoms with van der Waals surface area (Å²) in [5.41, 5.74) is 0.914. The first-order valence-electron chi connectivity index (χ1n) is 7.68. The molecule has 1 fully saturated rings. The predicted octanol–water partition coefficient (Wildman–Crippen LogP) is 3.10. The Hall–Kier alpha value is -2.24. The van der Waals surface area contributed by atoms with Crippen LogP contribution < -0.4 is 4.74 Å². The number of hydrogen-bond donors (Lipinski definition) is 1. The summed E-state index contributed by atoms with van der Waals surface area (Å²) in [6, 6.07) is 16.4. The second kappa shape index (κ2) is 7.55. The average Bonchev–Trinajstić information content (AvgIpc) is 2.94. The Morgan fingerprint density at radius 3 is 2.71 bits per heavy atom. The number of ether oxygens (including phenoxy) is 2. The van der Waals surface area contributed by atoms with Gasteiger partial charge in [-0.3, -0.25) is 0 Å². The minimum Gasteiger partial charge on any atom is -0.486 e. The highest BCUT2D eigenvalue weighted by molar-refractivity contribution is 6.30. The zero-order valence-corrected chi connectivity index (χ0v) is 13.7. The van der Waals surface area contributed by atoms with E-state index in [1.165, 1.54) is 4.90 Å². The highest BCUT2D eigenvalue weighted by atomic mass is 35.5. The van der Waals surface area contributed by atoms with Crippen LogP contribution >= 0.6 is 11.6 Å². The SMILES string of the molecule is O=C(OCc1ccccc1)N1C[C@H](Oc2cccc(Cl)c2)[C@@H](O)C1. The zero-order valence-electron chi connectivity index (χ0n) is 13.0. The van der Waals surface area contributed by atoms with E-state index in [1.807, 2.05) is 30.3 Å². The lowest BCUT2D eigenvalue weighted by atomic mass is 10.2. The van der Waals surface area contributed by atoms with Gasteiger partial charge in [0.15, 0.2) is 0 Å². The van der Waals surface area contributed by atoms with Crippen molar-refractivity contribution in [3.63, 3.8) is 0 Å². The second-order valence-electron chi connectivity index (χ2n) is 5.63. The number of carbonyl (C=O) groups excluding carboxylic acids is 1. The third kappa shape index (κ3) is 4.19. The fourth-order valence-electron chi connectivity index (χ4n) is 2.55. The van der Waals surface area contributed by atoms with E-state index in [0.29, 0.717) is 10.8 Å². The topological polar surface area (TPSA) is 59.0 Å². The quantitative estimate of drug-likeness (QED) is 0.923. The molecule has 1 amide bonds. The fraction of sp³-hybridized carbons (Fsp3) is 0.278. The van der Waals surface area contributed by atoms with Crippen molar-refractivity contribution in [2.75, 3.05) is 13.1 Å². The summed E-state index contributed by atoms with van der Waals surface area (Å²) in [6.45, 7) is 0.645. The molecule has 0 aliphatic carbocycles. The van der Waals surface area contributed by atoms with Crippen LogP contribution in [0.5, 0.6) is 5.75 Å². The maximum absolute atomic E-state index is 12.1. The zero-order chi connectivity index (χ0) is 16.9. The minimum atomic E-state index is -0.770. The number of rotatable bonds is 4. The van der Waals surface area contributed by atoms with Crippen LogP contribution in [0.4, 0.5) is 4.79 Å². The monoisotopic (exact) mass is 347 g/mol. The van der Waals surface area contributed by atoms with Crippen LogP contribution in [0.3, 0.4) is 0 Å². The molecule has 24 heavy (non-hydrogen) atoms. The number of amides is 1. The van der Waals surface area contributed by atoms with Gasteiger partial charge in [-0.25, -0.2) is 4.79 Å². The lowest BCUT2D eigenvalue weighted by Gasteiger charge is -2.17. The molecule has 3 rings (SSSR count). The number of likely N-dealkylation sites (tertiary alicyclic amines) is 1. The van der Waals surface area contributed by atoms with Gasteiger partial charge in [-0.05, 0) is 23.8 Å². The van der Waals surface area contributed by atoms with Crippen LogP contribution in [0.15, 0.2) is 54.6 Å². The van der Waals surface area contributed by atoms with Crippen LogP contribution in [-0.2, 0) is 11.3 Å². The smallest absolute Gasteiger partial charge is 0.410 e. The molecule has 1 aliphatic rings. The third-order valence-corrected chi connectivity index (χ3v) is 4.02. The summed E-state index contributed by atoms with van der Waals surface area (Å²) in [7, 11) is 0. The van der Waals surface area contributed by atoms with Crippen molar-refractivity contribution in [2.45, 2.75) is 18.8 Å². The van der Waals surface area contributed by atoms with E-state index >= 15 is 0 Å². The lowest BCUT2D eigenvalue weighted by Crippen LogP contribution is -2.31. The molecule has 1 aliphatic heterocycles. The molecule has 1 heterocycles. The maximum Gasteiger partial charge on any atom is 0.410 e. The van der Waals surface area contributed by atoms with Crippen molar-refractivity contribution in [3.05, 3.63) is 65.2 Å². The fourth-order valence-corrected chi connectivity index (χ4v) is 2.73. The Kier molecular flexibility index (Phi) is 5.23. The number of aliphatic hydroxyl groups is 1. The Morgan fingerprint density at radius 2 is 1.96 bits per heavy atom. The number of β-amino-alcohol motifs (C(OH)–C–C–N with tert-alkyl or cyclic N) is 1. The molecule has 1 saturated heterocycles. The molecule has 0 saturated carbocycles. The minimum absolute atomic E-state index is 0.179. The molecule has 0 aromatic heterocycles. The molecule has 5 nitrogen and oxygen atoms in total. The molecule has 0 spiro atoms. The molecular weight excluding hydrogens is 330 g/mol. The van der Waals surface area contributed by atoms with Gasteiger partial charge < -0.3 is 19.5 Å². The molecule has 126 valence electrons. The highest BCUT2D eigenvalue weighted by Gasteiger charge is 2.36. The molecule has 2 aromatic rings. The molecule has 2 atom stereocenters. The van der Waals surface area contributed by atoms with E-state index in [4.69, 9.17) is 21.1 Å². The molecule has 0 bridgehead atoms. The van der Waals surface area contributed by atoms with Gasteiger partial charge in [0.25, 0.3) is 0 Å². The Bertz CT molecular complexity index is 694. The number of benzene rings is 2. The largest absolute Gasteiger partial charge is 0.486 e. The summed E-state index contributed by atoms with van der Waals surface area (Å²) in [4.78, 5) is 13.6. The van der Waals surface area contributed by atoms with Crippen LogP contribution in [0, 0.1) is 0 Å². The first-order valence-corrected chi connectivity index (χ1v) is 8.05. The summed E-state index contributed by atoms with van der Waals surface area (Å²) < 4.78 is 11.0. The maximum atomic E-state index is 12.1. The van der Waals surface area contributed by atoms with E-state index in [-0.39, 0.29) is 19.7 Å². The Balaban J connectivity index is 1.54. The molecule has 6 heteroatoms. The normalized spacial score (nSPS) is 20.0. The van der Waals surface area contributed by atoms with Crippen LogP contribution in [0.1, 0.15) is 5.56 Å². The molecule has 2 aromatic carbocycles. The van der Waals surface area contributed by atoms with E-state index < -0.39 is 18.3 Å². The van der Waals surface area contributed by atoms with Crippen molar-refractivity contribution >= 4 is 17.7 Å². The van der Waals surface area contributed by atoms with Gasteiger partial charge in [-0.15, -0.1) is 0 Å². The summed E-state index contributed by atoms with van der Waals surface area (Å²) in [5, 5.41) is 10.7. The van der Waals surface area contributed by atoms with Crippen molar-refractivity contribution in [1.29, 1.82) is 0 Å². The van der Waals surface area contributed by atoms with Gasteiger partial charge in [-0.2, -0.15) is 0 Å². The van der Waals surface area contributed by atoms with Gasteiger partial charge in [-0.1, -0.05) is 48.0 Å². The number of hydrogen-bond acceptors (Lipinski definition) is 4. The van der Waals surface area contributed by atoms with Gasteiger partial charge in [0, 0.05) is 5.02 Å². The number of halogens is 1. The second-order valence-corrected chi connectivity index (χ2v) is 6.06. The Labute approximate surface area is 145 Å². The average molecular weight is 348 g/mol. The standard InChI is InChI=1S/C18H18ClNO4/c19-14-7-4-8-15(9-14)24-17-11-20(10-16(17)21)18(22)23-12-13-5-2-1-3-6-13/h1-9,16-17,21H,10-12H2/t16-,17-/m0/s1. The summed E-state index contributed by atoms with van der Waals surface area (Å²) >= 11 is 5.92. The van der Waals surface area contributed by atoms with Crippen molar-refractivity contribution in [1.82, 2.24) is 4.90 Å². The van der Waals surface area contributed by atoms with Gasteiger partial charge in [0.05, 0.1) is 13.1 Å². The van der Waals surface area contributed by atoms with Crippen molar-refractivity contribution in [3.8, 4) is 5.75 Å². The summed E-state index contributed by atoms with van der Waals surface area (Å²) in [6.07, 6.45) is -1.74. The van der Waals surface area contributed by atoms with Gasteiger partial charge in [0.2, 0.25) is 0 Å². The van der Waals surface area contributed by atoms with Crippen LogP contribution in [0.2, 0.25) is 5.02 Å². The van der Waals surface area contributed by atoms with Crippen molar-refractivity contribution < 1.29 is 19.4 Å². The van der Waals surface area contributed by atoms with Gasteiger partial charge in [0.1, 0.15) is 24.6 Å². The number of carbonyl (C=O) groups is 1. The Morgan fingerprint density at radius 1 is 1.17 bits per heavy atom. The van der Waals surface area contributed by atoms with E-state index in [9.17, 15) is 9.90 Å². The molecular formula is C18H18ClNO4. The first kappa shape index (κ1) is 16.6. The molecule has 0 unspecified atom stereocenters. The molecule has 1 N–H and O–H groups in total. The van der Waals surface area contributed by atoms with E-state index in [2.05, 4.69) is 0 Å². The van der Waals surface area contributed by atoms with Crippen LogP contribution in [0.25, 0.3) is 0 Å². The van der Waals surface area contributed by atoms with Crippen LogP contribution in [-0.4, -0.2) is 41.4 Å². The lowest BCUT2D eigenvalue weighted by molar-refractivity contribution is 0.0735. The third-order valence-electron chi connectivity index (χ3n) is 3.78. The van der Waals surface area contributed by atoms with Gasteiger partial charge >= 0.3 is 6.09 Å². The predicted molar refractivity (Wildman–Crippen MR) is 90.1 cm³/mol. The molecule has 0 radical (unpaired) electrons. The first-order chi connectivity index (χ1) is 11.6. The van der Waals surface area contributed by atoms with E-state index in [0.717, 1.165) is 5.56 Å². The highest BCUT2D eigenvalue weighted by Crippen LogP contribution is 2.22. The van der Waals surface area contributed by atoms with Crippen molar-refractivity contribution in [2.24, 2.45) is 0 Å².